The molecule has 0 heterocycles. The molecule has 1 aromatic carbocycles. The molecule has 0 aliphatic heterocycles. The van der Waals surface area contributed by atoms with Crippen molar-refractivity contribution >= 4 is 11.9 Å². The van der Waals surface area contributed by atoms with Crippen molar-refractivity contribution in [1.82, 2.24) is 5.32 Å². The average molecular weight is 292 g/mol. The summed E-state index contributed by atoms with van der Waals surface area (Å²) in [7, 11) is 1.32. The molecule has 5 nitrogen and oxygen atoms in total. The SMILES string of the molecule is CCC(C)C(NC(=O)c1ccc(CCN)cc1)C(=O)OC. The fourth-order valence-corrected chi connectivity index (χ4v) is 2.01. The first-order chi connectivity index (χ1) is 10.0. The Labute approximate surface area is 125 Å². The summed E-state index contributed by atoms with van der Waals surface area (Å²) in [4.78, 5) is 24.0. The molecule has 0 spiro atoms. The van der Waals surface area contributed by atoms with Crippen molar-refractivity contribution in [1.29, 1.82) is 0 Å². The third-order valence-electron chi connectivity index (χ3n) is 3.60. The Kier molecular flexibility index (Phi) is 6.88. The van der Waals surface area contributed by atoms with E-state index in [1.54, 1.807) is 12.1 Å². The molecule has 0 bridgehead atoms. The van der Waals surface area contributed by atoms with Gasteiger partial charge in [0.2, 0.25) is 0 Å². The van der Waals surface area contributed by atoms with Gasteiger partial charge < -0.3 is 15.8 Å². The number of esters is 1. The van der Waals surface area contributed by atoms with Crippen LogP contribution in [0.25, 0.3) is 0 Å². The Balaban J connectivity index is 2.79. The second-order valence-electron chi connectivity index (χ2n) is 5.10. The van der Waals surface area contributed by atoms with E-state index in [1.165, 1.54) is 7.11 Å². The maximum atomic E-state index is 12.2. The Hall–Kier alpha value is -1.88. The second-order valence-corrected chi connectivity index (χ2v) is 5.10. The maximum Gasteiger partial charge on any atom is 0.328 e. The van der Waals surface area contributed by atoms with Gasteiger partial charge in [0.25, 0.3) is 5.91 Å². The zero-order valence-electron chi connectivity index (χ0n) is 12.9. The van der Waals surface area contributed by atoms with Crippen LogP contribution in [0, 0.1) is 5.92 Å². The van der Waals surface area contributed by atoms with E-state index in [1.807, 2.05) is 26.0 Å². The summed E-state index contributed by atoms with van der Waals surface area (Å²) < 4.78 is 4.76. The van der Waals surface area contributed by atoms with Crippen LogP contribution < -0.4 is 11.1 Å². The monoisotopic (exact) mass is 292 g/mol. The zero-order valence-corrected chi connectivity index (χ0v) is 12.9. The quantitative estimate of drug-likeness (QED) is 0.746. The molecule has 0 fully saturated rings. The third-order valence-corrected chi connectivity index (χ3v) is 3.60. The molecule has 1 amide bonds. The molecular formula is C16H24N2O3. The van der Waals surface area contributed by atoms with E-state index in [0.717, 1.165) is 18.4 Å². The summed E-state index contributed by atoms with van der Waals surface area (Å²) >= 11 is 0. The lowest BCUT2D eigenvalue weighted by Crippen LogP contribution is -2.45. The molecular weight excluding hydrogens is 268 g/mol. The normalized spacial score (nSPS) is 13.3. The smallest absolute Gasteiger partial charge is 0.328 e. The Morgan fingerprint density at radius 1 is 1.29 bits per heavy atom. The minimum atomic E-state index is -0.629. The largest absolute Gasteiger partial charge is 0.467 e. The number of methoxy groups -OCH3 is 1. The van der Waals surface area contributed by atoms with Gasteiger partial charge in [-0.15, -0.1) is 0 Å². The number of hydrogen-bond donors (Lipinski definition) is 2. The van der Waals surface area contributed by atoms with Crippen LogP contribution in [0.2, 0.25) is 0 Å². The highest BCUT2D eigenvalue weighted by atomic mass is 16.5. The van der Waals surface area contributed by atoms with Gasteiger partial charge in [-0.25, -0.2) is 4.79 Å². The number of amides is 1. The highest BCUT2D eigenvalue weighted by Gasteiger charge is 2.26. The number of benzene rings is 1. The van der Waals surface area contributed by atoms with Crippen LogP contribution in [-0.2, 0) is 16.0 Å². The minimum absolute atomic E-state index is 0.0120. The molecule has 1 aromatic rings. The van der Waals surface area contributed by atoms with Gasteiger partial charge in [-0.1, -0.05) is 32.4 Å². The second kappa shape index (κ2) is 8.42. The lowest BCUT2D eigenvalue weighted by molar-refractivity contribution is -0.144. The summed E-state index contributed by atoms with van der Waals surface area (Å²) in [6, 6.07) is 6.60. The van der Waals surface area contributed by atoms with E-state index < -0.39 is 12.0 Å². The predicted molar refractivity (Wildman–Crippen MR) is 81.9 cm³/mol. The molecule has 0 aromatic heterocycles. The topological polar surface area (TPSA) is 81.4 Å². The van der Waals surface area contributed by atoms with Crippen LogP contribution in [0.1, 0.15) is 36.2 Å². The van der Waals surface area contributed by atoms with Gasteiger partial charge in [0.05, 0.1) is 7.11 Å². The van der Waals surface area contributed by atoms with Crippen molar-refractivity contribution < 1.29 is 14.3 Å². The number of rotatable bonds is 7. The van der Waals surface area contributed by atoms with Crippen molar-refractivity contribution in [3.8, 4) is 0 Å². The third kappa shape index (κ3) is 4.86. The lowest BCUT2D eigenvalue weighted by atomic mass is 9.98. The van der Waals surface area contributed by atoms with E-state index in [2.05, 4.69) is 5.32 Å². The number of hydrogen-bond acceptors (Lipinski definition) is 4. The molecule has 0 aliphatic carbocycles. The van der Waals surface area contributed by atoms with E-state index in [0.29, 0.717) is 12.1 Å². The van der Waals surface area contributed by atoms with Crippen molar-refractivity contribution in [2.45, 2.75) is 32.7 Å². The number of ether oxygens (including phenoxy) is 1. The molecule has 0 radical (unpaired) electrons. The summed E-state index contributed by atoms with van der Waals surface area (Å²) in [5, 5.41) is 2.75. The molecule has 2 atom stereocenters. The number of carbonyl (C=O) groups excluding carboxylic acids is 2. The fourth-order valence-electron chi connectivity index (χ4n) is 2.01. The summed E-state index contributed by atoms with van der Waals surface area (Å²) in [6.45, 7) is 4.45. The summed E-state index contributed by atoms with van der Waals surface area (Å²) in [6.07, 6.45) is 1.55. The van der Waals surface area contributed by atoms with E-state index >= 15 is 0 Å². The highest BCUT2D eigenvalue weighted by Crippen LogP contribution is 2.11. The first-order valence-corrected chi connectivity index (χ1v) is 7.21. The Morgan fingerprint density at radius 3 is 2.38 bits per heavy atom. The van der Waals surface area contributed by atoms with Gasteiger partial charge in [-0.2, -0.15) is 0 Å². The van der Waals surface area contributed by atoms with Crippen molar-refractivity contribution in [2.75, 3.05) is 13.7 Å². The fraction of sp³-hybridized carbons (Fsp3) is 0.500. The van der Waals surface area contributed by atoms with Gasteiger partial charge in [0.1, 0.15) is 6.04 Å². The van der Waals surface area contributed by atoms with Gasteiger partial charge in [0, 0.05) is 5.56 Å². The van der Waals surface area contributed by atoms with Crippen LogP contribution >= 0.6 is 0 Å². The number of carbonyl (C=O) groups is 2. The Bertz CT molecular complexity index is 471. The Morgan fingerprint density at radius 2 is 1.90 bits per heavy atom. The first-order valence-electron chi connectivity index (χ1n) is 7.21. The number of nitrogens with one attached hydrogen (secondary N) is 1. The highest BCUT2D eigenvalue weighted by molar-refractivity contribution is 5.96. The maximum absolute atomic E-state index is 12.2. The van der Waals surface area contributed by atoms with Crippen LogP contribution in [0.4, 0.5) is 0 Å². The van der Waals surface area contributed by atoms with Crippen molar-refractivity contribution in [3.05, 3.63) is 35.4 Å². The standard InChI is InChI=1S/C16H24N2O3/c1-4-11(2)14(16(20)21-3)18-15(19)13-7-5-12(6-8-13)9-10-17/h5-8,11,14H,4,9-10,17H2,1-3H3,(H,18,19). The molecule has 0 saturated heterocycles. The van der Waals surface area contributed by atoms with Gasteiger partial charge >= 0.3 is 5.97 Å². The lowest BCUT2D eigenvalue weighted by Gasteiger charge is -2.21. The van der Waals surface area contributed by atoms with Gasteiger partial charge in [-0.3, -0.25) is 4.79 Å². The molecule has 5 heteroatoms. The van der Waals surface area contributed by atoms with E-state index in [4.69, 9.17) is 10.5 Å². The molecule has 0 saturated carbocycles. The van der Waals surface area contributed by atoms with E-state index in [-0.39, 0.29) is 11.8 Å². The molecule has 2 unspecified atom stereocenters. The molecule has 21 heavy (non-hydrogen) atoms. The predicted octanol–water partition coefficient (Wildman–Crippen LogP) is 1.51. The number of nitrogens with two attached hydrogens (primary N) is 1. The van der Waals surface area contributed by atoms with Gasteiger partial charge in [0.15, 0.2) is 0 Å². The van der Waals surface area contributed by atoms with Crippen LogP contribution in [0.15, 0.2) is 24.3 Å². The van der Waals surface area contributed by atoms with Crippen LogP contribution in [0.5, 0.6) is 0 Å². The minimum Gasteiger partial charge on any atom is -0.467 e. The van der Waals surface area contributed by atoms with Crippen molar-refractivity contribution in [3.63, 3.8) is 0 Å². The zero-order chi connectivity index (χ0) is 15.8. The molecule has 3 N–H and O–H groups in total. The molecule has 116 valence electrons. The molecule has 0 aliphatic rings. The van der Waals surface area contributed by atoms with Crippen molar-refractivity contribution in [2.24, 2.45) is 11.7 Å². The van der Waals surface area contributed by atoms with E-state index in [9.17, 15) is 9.59 Å². The first kappa shape index (κ1) is 17.2. The van der Waals surface area contributed by atoms with Gasteiger partial charge in [-0.05, 0) is 36.6 Å². The van der Waals surface area contributed by atoms with Crippen LogP contribution in [0.3, 0.4) is 0 Å². The average Bonchev–Trinajstić information content (AvgIpc) is 2.52. The summed E-state index contributed by atoms with van der Waals surface area (Å²) in [5.41, 5.74) is 7.10. The van der Waals surface area contributed by atoms with Crippen LogP contribution in [-0.4, -0.2) is 31.6 Å². The summed E-state index contributed by atoms with van der Waals surface area (Å²) in [5.74, 6) is -0.680. The molecule has 1 rings (SSSR count).